The highest BCUT2D eigenvalue weighted by atomic mass is 35.5. The van der Waals surface area contributed by atoms with E-state index in [2.05, 4.69) is 5.32 Å². The van der Waals surface area contributed by atoms with Gasteiger partial charge in [0.15, 0.2) is 0 Å². The molecule has 0 unspecified atom stereocenters. The van der Waals surface area contributed by atoms with Crippen molar-refractivity contribution in [1.29, 1.82) is 0 Å². The van der Waals surface area contributed by atoms with Crippen LogP contribution in [0.4, 0.5) is 21.9 Å². The number of halogens is 1. The van der Waals surface area contributed by atoms with Crippen LogP contribution in [0.5, 0.6) is 0 Å². The number of benzene rings is 2. The Morgan fingerprint density at radius 2 is 1.85 bits per heavy atom. The third-order valence-electron chi connectivity index (χ3n) is 5.22. The van der Waals surface area contributed by atoms with Gasteiger partial charge in [0.25, 0.3) is 5.91 Å². The molecule has 0 atom stereocenters. The van der Waals surface area contributed by atoms with Gasteiger partial charge in [-0.2, -0.15) is 0 Å². The van der Waals surface area contributed by atoms with Crippen LogP contribution in [0.25, 0.3) is 0 Å². The lowest BCUT2D eigenvalue weighted by Crippen LogP contribution is -2.36. The molecule has 142 valence electrons. The first kappa shape index (κ1) is 19.0. The third kappa shape index (κ3) is 3.21. The number of nitrogens with two attached hydrogens (primary N) is 1. The molecule has 3 N–H and O–H groups in total. The van der Waals surface area contributed by atoms with Crippen LogP contribution in [0.2, 0.25) is 0 Å². The van der Waals surface area contributed by atoms with Gasteiger partial charge < -0.3 is 16.0 Å². The number of carbonyl (C=O) groups excluding carboxylic acids is 2. The second-order valence-corrected chi connectivity index (χ2v) is 6.74. The molecule has 0 spiro atoms. The molecule has 0 aliphatic carbocycles. The van der Waals surface area contributed by atoms with Crippen LogP contribution in [-0.4, -0.2) is 31.6 Å². The molecule has 0 bridgehead atoms. The number of rotatable bonds is 2. The highest BCUT2D eigenvalue weighted by Crippen LogP contribution is 2.33. The maximum Gasteiger partial charge on any atom is 0.322 e. The molecule has 2 aliphatic heterocycles. The molecule has 7 heteroatoms. The van der Waals surface area contributed by atoms with Crippen molar-refractivity contribution >= 4 is 41.4 Å². The molecule has 0 saturated carbocycles. The topological polar surface area (TPSA) is 78.7 Å². The lowest BCUT2D eigenvalue weighted by molar-refractivity contribution is 0.0984. The van der Waals surface area contributed by atoms with Crippen molar-refractivity contribution in [3.05, 3.63) is 53.1 Å². The fourth-order valence-electron chi connectivity index (χ4n) is 3.86. The summed E-state index contributed by atoms with van der Waals surface area (Å²) in [6.07, 6.45) is 1.78. The SMILES string of the molecule is Cc1c(C(=O)N2CCCc3c(N)cccc32)cccc1N1CCNC1=O.Cl. The molecule has 0 radical (unpaired) electrons. The van der Waals surface area contributed by atoms with Crippen LogP contribution in [-0.2, 0) is 6.42 Å². The summed E-state index contributed by atoms with van der Waals surface area (Å²) in [6, 6.07) is 11.2. The molecule has 27 heavy (non-hydrogen) atoms. The van der Waals surface area contributed by atoms with Gasteiger partial charge in [0.2, 0.25) is 0 Å². The lowest BCUT2D eigenvalue weighted by Gasteiger charge is -2.31. The fraction of sp³-hybridized carbons (Fsp3) is 0.300. The minimum atomic E-state index is -0.117. The van der Waals surface area contributed by atoms with E-state index in [1.165, 1.54) is 0 Å². The van der Waals surface area contributed by atoms with E-state index < -0.39 is 0 Å². The van der Waals surface area contributed by atoms with Gasteiger partial charge in [-0.05, 0) is 55.2 Å². The predicted molar refractivity (Wildman–Crippen MR) is 110 cm³/mol. The highest BCUT2D eigenvalue weighted by Gasteiger charge is 2.28. The zero-order valence-electron chi connectivity index (χ0n) is 15.2. The molecule has 4 rings (SSSR count). The number of hydrogen-bond donors (Lipinski definition) is 2. The molecule has 6 nitrogen and oxygen atoms in total. The van der Waals surface area contributed by atoms with Crippen molar-refractivity contribution in [2.24, 2.45) is 0 Å². The Morgan fingerprint density at radius 1 is 1.11 bits per heavy atom. The van der Waals surface area contributed by atoms with Crippen molar-refractivity contribution in [2.75, 3.05) is 35.2 Å². The lowest BCUT2D eigenvalue weighted by atomic mass is 9.98. The van der Waals surface area contributed by atoms with E-state index in [-0.39, 0.29) is 24.3 Å². The van der Waals surface area contributed by atoms with Crippen molar-refractivity contribution in [1.82, 2.24) is 5.32 Å². The Morgan fingerprint density at radius 3 is 2.59 bits per heavy atom. The average molecular weight is 387 g/mol. The predicted octanol–water partition coefficient (Wildman–Crippen LogP) is 3.12. The molecule has 2 aliphatic rings. The van der Waals surface area contributed by atoms with Gasteiger partial charge in [0.05, 0.1) is 0 Å². The summed E-state index contributed by atoms with van der Waals surface area (Å²) in [7, 11) is 0. The molecule has 2 heterocycles. The first-order chi connectivity index (χ1) is 12.6. The van der Waals surface area contributed by atoms with Gasteiger partial charge in [-0.3, -0.25) is 9.69 Å². The second-order valence-electron chi connectivity index (χ2n) is 6.74. The Bertz CT molecular complexity index is 900. The number of nitrogens with one attached hydrogen (secondary N) is 1. The summed E-state index contributed by atoms with van der Waals surface area (Å²) in [6.45, 7) is 3.80. The van der Waals surface area contributed by atoms with E-state index >= 15 is 0 Å². The van der Waals surface area contributed by atoms with Gasteiger partial charge in [-0.15, -0.1) is 12.4 Å². The maximum atomic E-state index is 13.3. The number of anilines is 3. The Kier molecular flexibility index (Phi) is 5.28. The largest absolute Gasteiger partial charge is 0.398 e. The fourth-order valence-corrected chi connectivity index (χ4v) is 3.86. The summed E-state index contributed by atoms with van der Waals surface area (Å²) in [4.78, 5) is 28.8. The molecule has 2 aromatic rings. The van der Waals surface area contributed by atoms with Crippen molar-refractivity contribution < 1.29 is 9.59 Å². The van der Waals surface area contributed by atoms with E-state index in [4.69, 9.17) is 5.73 Å². The molecule has 3 amide bonds. The molecule has 1 saturated heterocycles. The maximum absolute atomic E-state index is 13.3. The van der Waals surface area contributed by atoms with Crippen LogP contribution in [0, 0.1) is 6.92 Å². The Balaban J connectivity index is 0.00000210. The quantitative estimate of drug-likeness (QED) is 0.778. The molecular weight excluding hydrogens is 364 g/mol. The van der Waals surface area contributed by atoms with E-state index in [0.717, 1.165) is 41.0 Å². The van der Waals surface area contributed by atoms with Gasteiger partial charge in [-0.25, -0.2) is 4.79 Å². The smallest absolute Gasteiger partial charge is 0.322 e. The standard InChI is InChI=1S/C20H22N4O2.ClH/c1-13-14(5-2-8-17(13)24-12-10-22-20(24)26)19(25)23-11-4-6-15-16(21)7-3-9-18(15)23;/h2-3,5,7-9H,4,6,10-12,21H2,1H3,(H,22,26);1H. The Labute approximate surface area is 164 Å². The van der Waals surface area contributed by atoms with Crippen LogP contribution in [0.1, 0.15) is 27.9 Å². The summed E-state index contributed by atoms with van der Waals surface area (Å²) < 4.78 is 0. The summed E-state index contributed by atoms with van der Waals surface area (Å²) in [5.41, 5.74) is 11.0. The van der Waals surface area contributed by atoms with E-state index in [9.17, 15) is 9.59 Å². The van der Waals surface area contributed by atoms with Crippen LogP contribution in [0.15, 0.2) is 36.4 Å². The molecule has 0 aromatic heterocycles. The Hall–Kier alpha value is -2.73. The number of amides is 3. The zero-order chi connectivity index (χ0) is 18.3. The third-order valence-corrected chi connectivity index (χ3v) is 5.22. The normalized spacial score (nSPS) is 15.8. The number of carbonyl (C=O) groups is 2. The van der Waals surface area contributed by atoms with Crippen molar-refractivity contribution in [3.63, 3.8) is 0 Å². The minimum absolute atomic E-state index is 0. The number of urea groups is 1. The first-order valence-electron chi connectivity index (χ1n) is 8.92. The van der Waals surface area contributed by atoms with Crippen molar-refractivity contribution in [2.45, 2.75) is 19.8 Å². The molecule has 2 aromatic carbocycles. The number of nitrogen functional groups attached to an aromatic ring is 1. The molecular formula is C20H23ClN4O2. The van der Waals surface area contributed by atoms with Gasteiger partial charge in [0, 0.05) is 42.3 Å². The average Bonchev–Trinajstić information content (AvgIpc) is 3.07. The second kappa shape index (κ2) is 7.48. The van der Waals surface area contributed by atoms with Gasteiger partial charge >= 0.3 is 6.03 Å². The molecule has 1 fully saturated rings. The van der Waals surface area contributed by atoms with Crippen LogP contribution < -0.4 is 20.9 Å². The first-order valence-corrected chi connectivity index (χ1v) is 8.92. The summed E-state index contributed by atoms with van der Waals surface area (Å²) in [5.74, 6) is -0.0458. The van der Waals surface area contributed by atoms with E-state index in [1.54, 1.807) is 4.90 Å². The van der Waals surface area contributed by atoms with Gasteiger partial charge in [0.1, 0.15) is 0 Å². The number of hydrogen-bond acceptors (Lipinski definition) is 3. The van der Waals surface area contributed by atoms with Crippen LogP contribution in [0.3, 0.4) is 0 Å². The van der Waals surface area contributed by atoms with E-state index in [1.807, 2.05) is 48.2 Å². The van der Waals surface area contributed by atoms with Gasteiger partial charge in [-0.1, -0.05) is 12.1 Å². The number of nitrogens with zero attached hydrogens (tertiary/aromatic N) is 2. The monoisotopic (exact) mass is 386 g/mol. The van der Waals surface area contributed by atoms with E-state index in [0.29, 0.717) is 25.2 Å². The number of fused-ring (bicyclic) bond motifs is 1. The summed E-state index contributed by atoms with van der Waals surface area (Å²) in [5, 5.41) is 2.80. The minimum Gasteiger partial charge on any atom is -0.398 e. The van der Waals surface area contributed by atoms with Crippen molar-refractivity contribution in [3.8, 4) is 0 Å². The summed E-state index contributed by atoms with van der Waals surface area (Å²) >= 11 is 0. The zero-order valence-corrected chi connectivity index (χ0v) is 16.0. The highest BCUT2D eigenvalue weighted by molar-refractivity contribution is 6.09. The van der Waals surface area contributed by atoms with Crippen LogP contribution >= 0.6 is 12.4 Å².